The topological polar surface area (TPSA) is 52.6 Å². The number of ether oxygens (including phenoxy) is 2. The molecule has 4 nitrogen and oxygen atoms in total. The maximum atomic E-state index is 12.0. The van der Waals surface area contributed by atoms with Gasteiger partial charge in [0.1, 0.15) is 0 Å². The molecule has 0 radical (unpaired) electrons. The smallest absolute Gasteiger partial charge is 0.338 e. The molecule has 3 rings (SSSR count). The Labute approximate surface area is 184 Å². The minimum absolute atomic E-state index is 0.000309. The quantitative estimate of drug-likeness (QED) is 0.387. The van der Waals surface area contributed by atoms with Crippen LogP contribution in [0.2, 0.25) is 0 Å². The van der Waals surface area contributed by atoms with Gasteiger partial charge in [-0.1, -0.05) is 31.8 Å². The van der Waals surface area contributed by atoms with E-state index in [1.807, 2.05) is 25.1 Å². The number of allylic oxidation sites excluding steroid dienone is 1. The van der Waals surface area contributed by atoms with Gasteiger partial charge in [-0.2, -0.15) is 0 Å². The van der Waals surface area contributed by atoms with Crippen LogP contribution in [0, 0.1) is 11.8 Å². The van der Waals surface area contributed by atoms with Crippen molar-refractivity contribution in [3.8, 4) is 11.8 Å². The minimum atomic E-state index is -0.328. The average Bonchev–Trinajstić information content (AvgIpc) is 2.75. The molecule has 4 heteroatoms. The lowest BCUT2D eigenvalue weighted by Crippen LogP contribution is -2.23. The summed E-state index contributed by atoms with van der Waals surface area (Å²) in [5, 5.41) is 0. The summed E-state index contributed by atoms with van der Waals surface area (Å²) in [6.07, 6.45) is 3.42. The molecule has 31 heavy (non-hydrogen) atoms. The zero-order chi connectivity index (χ0) is 22.4. The van der Waals surface area contributed by atoms with Crippen LogP contribution < -0.4 is 0 Å². The second-order valence-electron chi connectivity index (χ2n) is 8.11. The lowest BCUT2D eigenvalue weighted by molar-refractivity contribution is -0.137. The van der Waals surface area contributed by atoms with Gasteiger partial charge in [0, 0.05) is 17.2 Å². The van der Waals surface area contributed by atoms with Crippen molar-refractivity contribution in [1.82, 2.24) is 0 Å². The largest absolute Gasteiger partial charge is 0.463 e. The van der Waals surface area contributed by atoms with E-state index in [1.54, 1.807) is 25.1 Å². The number of benzene rings is 2. The third kappa shape index (κ3) is 5.44. The highest BCUT2D eigenvalue weighted by Crippen LogP contribution is 2.42. The molecule has 0 unspecified atom stereocenters. The highest BCUT2D eigenvalue weighted by molar-refractivity contribution is 5.92. The van der Waals surface area contributed by atoms with Gasteiger partial charge in [0.15, 0.2) is 0 Å². The van der Waals surface area contributed by atoms with Crippen molar-refractivity contribution in [2.24, 2.45) is 0 Å². The monoisotopic (exact) mass is 416 g/mol. The van der Waals surface area contributed by atoms with Crippen molar-refractivity contribution in [3.63, 3.8) is 0 Å². The predicted molar refractivity (Wildman–Crippen MR) is 122 cm³/mol. The Hall–Kier alpha value is -3.32. The molecule has 1 aliphatic rings. The van der Waals surface area contributed by atoms with Crippen LogP contribution in [0.1, 0.15) is 73.1 Å². The van der Waals surface area contributed by atoms with Gasteiger partial charge < -0.3 is 9.47 Å². The number of rotatable bonds is 4. The molecule has 0 spiro atoms. The van der Waals surface area contributed by atoms with E-state index in [0.29, 0.717) is 18.8 Å². The van der Waals surface area contributed by atoms with Crippen LogP contribution in [-0.2, 0) is 19.7 Å². The number of carbonyl (C=O) groups excluding carboxylic acids is 2. The Morgan fingerprint density at radius 2 is 1.61 bits per heavy atom. The zero-order valence-electron chi connectivity index (χ0n) is 18.6. The Morgan fingerprint density at radius 3 is 2.29 bits per heavy atom. The summed E-state index contributed by atoms with van der Waals surface area (Å²) in [5.41, 5.74) is 5.56. The molecule has 0 saturated heterocycles. The first-order valence-electron chi connectivity index (χ1n) is 10.7. The Kier molecular flexibility index (Phi) is 6.97. The van der Waals surface area contributed by atoms with E-state index < -0.39 is 0 Å². The third-order valence-corrected chi connectivity index (χ3v) is 5.44. The van der Waals surface area contributed by atoms with Crippen molar-refractivity contribution in [3.05, 3.63) is 76.4 Å². The maximum absolute atomic E-state index is 12.0. The normalized spacial score (nSPS) is 15.4. The summed E-state index contributed by atoms with van der Waals surface area (Å²) in [6, 6.07) is 13.3. The molecule has 0 N–H and O–H groups in total. The van der Waals surface area contributed by atoms with Crippen LogP contribution in [0.3, 0.4) is 0 Å². The van der Waals surface area contributed by atoms with Crippen LogP contribution in [0.15, 0.2) is 48.5 Å². The summed E-state index contributed by atoms with van der Waals surface area (Å²) in [6.45, 7) is 8.76. The van der Waals surface area contributed by atoms with E-state index in [-0.39, 0.29) is 17.4 Å². The summed E-state index contributed by atoms with van der Waals surface area (Å²) in [7, 11) is 0. The van der Waals surface area contributed by atoms with Crippen LogP contribution in [-0.4, -0.2) is 25.2 Å². The highest BCUT2D eigenvalue weighted by atomic mass is 16.5. The minimum Gasteiger partial charge on any atom is -0.463 e. The fraction of sp³-hybridized carbons (Fsp3) is 0.333. The summed E-state index contributed by atoms with van der Waals surface area (Å²) in [5.74, 6) is 5.76. The SMILES string of the molecule is CCOC(=O)C=C1CCC(C)(C)c2cc(C#Cc3ccc(C(=O)OCC)cc3)ccc21. The second-order valence-corrected chi connectivity index (χ2v) is 8.11. The van der Waals surface area contributed by atoms with Crippen molar-refractivity contribution in [2.45, 2.75) is 46.0 Å². The molecule has 160 valence electrons. The molecule has 0 saturated carbocycles. The molecule has 0 amide bonds. The van der Waals surface area contributed by atoms with Crippen molar-refractivity contribution in [1.29, 1.82) is 0 Å². The highest BCUT2D eigenvalue weighted by Gasteiger charge is 2.30. The summed E-state index contributed by atoms with van der Waals surface area (Å²) >= 11 is 0. The molecule has 0 aliphatic heterocycles. The molecule has 0 bridgehead atoms. The lowest BCUT2D eigenvalue weighted by atomic mass is 9.70. The van der Waals surface area contributed by atoms with Gasteiger partial charge >= 0.3 is 11.9 Å². The van der Waals surface area contributed by atoms with Gasteiger partial charge in [0.2, 0.25) is 0 Å². The number of carbonyl (C=O) groups is 2. The van der Waals surface area contributed by atoms with Gasteiger partial charge in [0.25, 0.3) is 0 Å². The predicted octanol–water partition coefficient (Wildman–Crippen LogP) is 5.28. The molecule has 0 heterocycles. The van der Waals surface area contributed by atoms with Crippen molar-refractivity contribution >= 4 is 17.5 Å². The van der Waals surface area contributed by atoms with Crippen LogP contribution in [0.25, 0.3) is 5.57 Å². The first-order chi connectivity index (χ1) is 14.8. The van der Waals surface area contributed by atoms with E-state index in [2.05, 4.69) is 37.8 Å². The average molecular weight is 417 g/mol. The summed E-state index contributed by atoms with van der Waals surface area (Å²) < 4.78 is 10.1. The molecular weight excluding hydrogens is 388 g/mol. The van der Waals surface area contributed by atoms with Crippen LogP contribution in [0.5, 0.6) is 0 Å². The first-order valence-corrected chi connectivity index (χ1v) is 10.7. The molecule has 1 aliphatic carbocycles. The van der Waals surface area contributed by atoms with E-state index >= 15 is 0 Å². The standard InChI is InChI=1S/C27H28O4/c1-5-30-25(28)18-22-15-16-27(3,4)24-17-20(11-14-23(22)24)8-7-19-9-12-21(13-10-19)26(29)31-6-2/h9-14,17-18H,5-6,15-16H2,1-4H3. The second kappa shape index (κ2) is 9.66. The van der Waals surface area contributed by atoms with Gasteiger partial charge in [-0.3, -0.25) is 0 Å². The molecule has 0 aromatic heterocycles. The third-order valence-electron chi connectivity index (χ3n) is 5.44. The van der Waals surface area contributed by atoms with Gasteiger partial charge in [-0.25, -0.2) is 9.59 Å². The van der Waals surface area contributed by atoms with Gasteiger partial charge in [-0.15, -0.1) is 0 Å². The molecule has 2 aromatic rings. The summed E-state index contributed by atoms with van der Waals surface area (Å²) in [4.78, 5) is 23.7. The Balaban J connectivity index is 1.87. The van der Waals surface area contributed by atoms with Crippen LogP contribution in [0.4, 0.5) is 0 Å². The van der Waals surface area contributed by atoms with E-state index in [1.165, 1.54) is 5.56 Å². The van der Waals surface area contributed by atoms with Crippen molar-refractivity contribution < 1.29 is 19.1 Å². The molecule has 0 atom stereocenters. The number of hydrogen-bond acceptors (Lipinski definition) is 4. The molecular formula is C27H28O4. The first kappa shape index (κ1) is 22.4. The van der Waals surface area contributed by atoms with E-state index in [0.717, 1.165) is 35.1 Å². The zero-order valence-corrected chi connectivity index (χ0v) is 18.6. The van der Waals surface area contributed by atoms with Crippen LogP contribution >= 0.6 is 0 Å². The van der Waals surface area contributed by atoms with Gasteiger partial charge in [0.05, 0.1) is 18.8 Å². The lowest BCUT2D eigenvalue weighted by Gasteiger charge is -2.34. The van der Waals surface area contributed by atoms with Crippen molar-refractivity contribution in [2.75, 3.05) is 13.2 Å². The Morgan fingerprint density at radius 1 is 0.968 bits per heavy atom. The molecule has 0 fully saturated rings. The number of esters is 2. The molecule has 2 aromatic carbocycles. The number of fused-ring (bicyclic) bond motifs is 1. The Bertz CT molecular complexity index is 1060. The number of hydrogen-bond donors (Lipinski definition) is 0. The van der Waals surface area contributed by atoms with E-state index in [9.17, 15) is 9.59 Å². The fourth-order valence-corrected chi connectivity index (χ4v) is 3.70. The van der Waals surface area contributed by atoms with Gasteiger partial charge in [-0.05, 0) is 85.2 Å². The maximum Gasteiger partial charge on any atom is 0.338 e. The van der Waals surface area contributed by atoms with E-state index in [4.69, 9.17) is 9.47 Å². The fourth-order valence-electron chi connectivity index (χ4n) is 3.70.